The van der Waals surface area contributed by atoms with E-state index in [1.165, 1.54) is 0 Å². The molecule has 0 spiro atoms. The molecule has 2 N–H and O–H groups in total. The van der Waals surface area contributed by atoms with Crippen molar-refractivity contribution < 1.29 is 18.0 Å². The van der Waals surface area contributed by atoms with Gasteiger partial charge >= 0.3 is 0 Å². The molecule has 23 heavy (non-hydrogen) atoms. The zero-order valence-electron chi connectivity index (χ0n) is 12.5. The normalized spacial score (nSPS) is 22.6. The van der Waals surface area contributed by atoms with E-state index in [0.29, 0.717) is 25.2 Å². The van der Waals surface area contributed by atoms with E-state index in [0.717, 1.165) is 9.87 Å². The molecule has 1 atom stereocenters. The van der Waals surface area contributed by atoms with Gasteiger partial charge in [0.25, 0.3) is 16.1 Å². The second kappa shape index (κ2) is 6.26. The molecule has 1 saturated heterocycles. The molecule has 1 aromatic rings. The molecule has 1 unspecified atom stereocenters. The minimum atomic E-state index is -3.70. The van der Waals surface area contributed by atoms with Crippen LogP contribution in [0.25, 0.3) is 0 Å². The van der Waals surface area contributed by atoms with E-state index in [1.54, 1.807) is 4.90 Å². The molecule has 1 aromatic carbocycles. The summed E-state index contributed by atoms with van der Waals surface area (Å²) in [6.07, 6.45) is 0.166. The fourth-order valence-corrected chi connectivity index (χ4v) is 3.35. The number of oxime groups is 1. The molecule has 2 heterocycles. The second-order valence-electron chi connectivity index (χ2n) is 5.48. The average molecular weight is 338 g/mol. The number of nitrogens with two attached hydrogens (primary N) is 1. The second-order valence-corrected chi connectivity index (χ2v) is 7.03. The summed E-state index contributed by atoms with van der Waals surface area (Å²) in [4.78, 5) is 19.4. The van der Waals surface area contributed by atoms with Gasteiger partial charge in [0.05, 0.1) is 0 Å². The predicted octanol–water partition coefficient (Wildman–Crippen LogP) is -0.148. The lowest BCUT2D eigenvalue weighted by atomic mass is 10.0. The molecule has 1 amide bonds. The van der Waals surface area contributed by atoms with Gasteiger partial charge < -0.3 is 9.74 Å². The third kappa shape index (κ3) is 3.52. The Morgan fingerprint density at radius 2 is 1.83 bits per heavy atom. The first-order chi connectivity index (χ1) is 10.9. The van der Waals surface area contributed by atoms with Crippen molar-refractivity contribution in [3.8, 4) is 0 Å². The number of carbonyl (C=O) groups is 1. The van der Waals surface area contributed by atoms with Gasteiger partial charge in [-0.15, -0.1) is 0 Å². The van der Waals surface area contributed by atoms with Gasteiger partial charge in [-0.3, -0.25) is 4.79 Å². The van der Waals surface area contributed by atoms with E-state index in [-0.39, 0.29) is 25.1 Å². The number of hydrogen-bond acceptors (Lipinski definition) is 5. The first-order valence-corrected chi connectivity index (χ1v) is 8.80. The number of rotatable bonds is 3. The summed E-state index contributed by atoms with van der Waals surface area (Å²) in [5.74, 6) is -0.211. The Kier molecular flexibility index (Phi) is 4.33. The van der Waals surface area contributed by atoms with Crippen molar-refractivity contribution in [2.75, 3.05) is 26.2 Å². The maximum Gasteiger partial charge on any atom is 0.277 e. The quantitative estimate of drug-likeness (QED) is 0.827. The van der Waals surface area contributed by atoms with E-state index < -0.39 is 10.2 Å². The van der Waals surface area contributed by atoms with Crippen molar-refractivity contribution in [1.82, 2.24) is 9.21 Å². The molecule has 0 saturated carbocycles. The number of amides is 1. The summed E-state index contributed by atoms with van der Waals surface area (Å²) in [6.45, 7) is 0.982. The van der Waals surface area contributed by atoms with Crippen molar-refractivity contribution >= 4 is 21.8 Å². The Hall–Kier alpha value is -1.97. The summed E-state index contributed by atoms with van der Waals surface area (Å²) in [7, 11) is -3.70. The summed E-state index contributed by atoms with van der Waals surface area (Å²) < 4.78 is 23.7. The highest BCUT2D eigenvalue weighted by Crippen LogP contribution is 2.27. The van der Waals surface area contributed by atoms with Crippen LogP contribution in [-0.4, -0.2) is 55.4 Å². The molecule has 124 valence electrons. The molecule has 0 aromatic heterocycles. The molecule has 9 heteroatoms. The van der Waals surface area contributed by atoms with Gasteiger partial charge in [-0.2, -0.15) is 12.7 Å². The topological polar surface area (TPSA) is 105 Å². The van der Waals surface area contributed by atoms with Crippen LogP contribution in [-0.2, 0) is 19.8 Å². The largest absolute Gasteiger partial charge is 0.387 e. The molecule has 0 radical (unpaired) electrons. The smallest absolute Gasteiger partial charge is 0.277 e. The summed E-state index contributed by atoms with van der Waals surface area (Å²) in [6, 6.07) is 9.59. The maximum absolute atomic E-state index is 12.4. The highest BCUT2D eigenvalue weighted by molar-refractivity contribution is 7.86. The zero-order valence-corrected chi connectivity index (χ0v) is 13.3. The van der Waals surface area contributed by atoms with Crippen molar-refractivity contribution in [1.29, 1.82) is 0 Å². The van der Waals surface area contributed by atoms with Gasteiger partial charge in [0, 0.05) is 32.6 Å². The Morgan fingerprint density at radius 1 is 1.17 bits per heavy atom. The number of nitrogens with zero attached hydrogens (tertiary/aromatic N) is 3. The molecule has 0 aliphatic carbocycles. The van der Waals surface area contributed by atoms with Crippen LogP contribution in [0.15, 0.2) is 35.5 Å². The highest BCUT2D eigenvalue weighted by atomic mass is 32.2. The van der Waals surface area contributed by atoms with Gasteiger partial charge in [-0.25, -0.2) is 5.14 Å². The van der Waals surface area contributed by atoms with Crippen molar-refractivity contribution in [3.05, 3.63) is 35.9 Å². The maximum atomic E-state index is 12.4. The van der Waals surface area contributed by atoms with Crippen molar-refractivity contribution in [2.24, 2.45) is 10.3 Å². The molecular weight excluding hydrogens is 320 g/mol. The monoisotopic (exact) mass is 338 g/mol. The van der Waals surface area contributed by atoms with E-state index in [4.69, 9.17) is 9.98 Å². The number of hydrogen-bond donors (Lipinski definition) is 1. The average Bonchev–Trinajstić information content (AvgIpc) is 3.04. The lowest BCUT2D eigenvalue weighted by Crippen LogP contribution is -2.53. The van der Waals surface area contributed by atoms with Crippen LogP contribution in [0.1, 0.15) is 18.1 Å². The van der Waals surface area contributed by atoms with Crippen LogP contribution in [0, 0.1) is 0 Å². The summed E-state index contributed by atoms with van der Waals surface area (Å²) in [5, 5.41) is 8.99. The molecule has 1 fully saturated rings. The minimum absolute atomic E-state index is 0.195. The first kappa shape index (κ1) is 15.9. The number of carbonyl (C=O) groups excluding carboxylic acids is 1. The molecule has 0 bridgehead atoms. The standard InChI is InChI=1S/C14H18N4O4S/c15-23(20,21)18-8-6-17(7-9-18)14(19)12-10-13(22-16-12)11-4-2-1-3-5-11/h1-5,13H,6-10H2,(H2,15,20,21). The first-order valence-electron chi connectivity index (χ1n) is 7.30. The van der Waals surface area contributed by atoms with Crippen LogP contribution in [0.2, 0.25) is 0 Å². The lowest BCUT2D eigenvalue weighted by Gasteiger charge is -2.32. The van der Waals surface area contributed by atoms with Crippen LogP contribution in [0.4, 0.5) is 0 Å². The van der Waals surface area contributed by atoms with Crippen molar-refractivity contribution in [3.63, 3.8) is 0 Å². The zero-order chi connectivity index (χ0) is 16.4. The molecule has 2 aliphatic heterocycles. The van der Waals surface area contributed by atoms with Crippen LogP contribution in [0.3, 0.4) is 0 Å². The van der Waals surface area contributed by atoms with Gasteiger partial charge in [0.15, 0.2) is 6.10 Å². The molecular formula is C14H18N4O4S. The van der Waals surface area contributed by atoms with Gasteiger partial charge in [0.1, 0.15) is 5.71 Å². The number of benzene rings is 1. The van der Waals surface area contributed by atoms with Crippen LogP contribution >= 0.6 is 0 Å². The summed E-state index contributed by atoms with van der Waals surface area (Å²) >= 11 is 0. The van der Waals surface area contributed by atoms with E-state index >= 15 is 0 Å². The SMILES string of the molecule is NS(=O)(=O)N1CCN(C(=O)C2=NOC(c3ccccc3)C2)CC1. The van der Waals surface area contributed by atoms with Crippen LogP contribution < -0.4 is 5.14 Å². The van der Waals surface area contributed by atoms with Gasteiger partial charge in [-0.05, 0) is 5.56 Å². The molecule has 8 nitrogen and oxygen atoms in total. The van der Waals surface area contributed by atoms with Crippen molar-refractivity contribution in [2.45, 2.75) is 12.5 Å². The molecule has 3 rings (SSSR count). The Labute approximate surface area is 134 Å². The fourth-order valence-electron chi connectivity index (χ4n) is 2.68. The molecule has 2 aliphatic rings. The highest BCUT2D eigenvalue weighted by Gasteiger charge is 2.33. The third-order valence-corrected chi connectivity index (χ3v) is 5.06. The lowest BCUT2D eigenvalue weighted by molar-refractivity contribution is -0.125. The Balaban J connectivity index is 1.58. The summed E-state index contributed by atoms with van der Waals surface area (Å²) in [5.41, 5.74) is 1.33. The predicted molar refractivity (Wildman–Crippen MR) is 83.6 cm³/mol. The Bertz CT molecular complexity index is 712. The fraction of sp³-hybridized carbons (Fsp3) is 0.429. The third-order valence-electron chi connectivity index (χ3n) is 3.97. The Morgan fingerprint density at radius 3 is 2.43 bits per heavy atom. The van der Waals surface area contributed by atoms with Crippen LogP contribution in [0.5, 0.6) is 0 Å². The van der Waals surface area contributed by atoms with Gasteiger partial charge in [-0.1, -0.05) is 35.5 Å². The minimum Gasteiger partial charge on any atom is -0.387 e. The van der Waals surface area contributed by atoms with E-state index in [1.807, 2.05) is 30.3 Å². The van der Waals surface area contributed by atoms with E-state index in [2.05, 4.69) is 5.16 Å². The van der Waals surface area contributed by atoms with Gasteiger partial charge in [0.2, 0.25) is 0 Å². The van der Waals surface area contributed by atoms with E-state index in [9.17, 15) is 13.2 Å². The number of piperazine rings is 1.